The van der Waals surface area contributed by atoms with Gasteiger partial charge in [-0.25, -0.2) is 0 Å². The molecule has 0 saturated carbocycles. The van der Waals surface area contributed by atoms with Crippen LogP contribution in [0.1, 0.15) is 10.4 Å². The Labute approximate surface area is 173 Å². The van der Waals surface area contributed by atoms with Crippen LogP contribution in [-0.2, 0) is 4.74 Å². The minimum Gasteiger partial charge on any atom is -0.378 e. The van der Waals surface area contributed by atoms with Crippen molar-refractivity contribution in [3.05, 3.63) is 46.1 Å². The molecular formula is C19H21Cl2N5O2. The molecule has 1 aromatic carbocycles. The van der Waals surface area contributed by atoms with E-state index in [0.29, 0.717) is 41.9 Å². The second-order valence-corrected chi connectivity index (χ2v) is 7.62. The van der Waals surface area contributed by atoms with Gasteiger partial charge in [-0.1, -0.05) is 23.2 Å². The standard InChI is InChI=1S/C19H21Cl2N5O2/c20-14-1-2-16(17(21)11-14)19(27)26-5-3-24(4-6-26)15-12-18(23-22-13-15)25-7-9-28-10-8-25/h1-2,11-13H,3-10H2. The van der Waals surface area contributed by atoms with Crippen molar-refractivity contribution in [2.45, 2.75) is 0 Å². The van der Waals surface area contributed by atoms with Crippen LogP contribution in [0.2, 0.25) is 10.0 Å². The number of hydrogen-bond donors (Lipinski definition) is 0. The summed E-state index contributed by atoms with van der Waals surface area (Å²) in [6, 6.07) is 7.03. The summed E-state index contributed by atoms with van der Waals surface area (Å²) in [6.45, 7) is 5.75. The van der Waals surface area contributed by atoms with Crippen LogP contribution in [0.25, 0.3) is 0 Å². The monoisotopic (exact) mass is 421 g/mol. The molecule has 4 rings (SSSR count). The van der Waals surface area contributed by atoms with E-state index in [0.717, 1.165) is 37.7 Å². The highest BCUT2D eigenvalue weighted by molar-refractivity contribution is 6.36. The van der Waals surface area contributed by atoms with E-state index in [4.69, 9.17) is 27.9 Å². The largest absolute Gasteiger partial charge is 0.378 e. The van der Waals surface area contributed by atoms with E-state index < -0.39 is 0 Å². The summed E-state index contributed by atoms with van der Waals surface area (Å²) < 4.78 is 5.40. The van der Waals surface area contributed by atoms with Gasteiger partial charge in [-0.3, -0.25) is 4.79 Å². The molecule has 0 spiro atoms. The number of piperazine rings is 1. The number of halogens is 2. The third kappa shape index (κ3) is 4.16. The first kappa shape index (κ1) is 19.2. The van der Waals surface area contributed by atoms with Gasteiger partial charge in [0.15, 0.2) is 5.82 Å². The Bertz CT molecular complexity index is 852. The Morgan fingerprint density at radius 1 is 0.964 bits per heavy atom. The summed E-state index contributed by atoms with van der Waals surface area (Å²) in [5, 5.41) is 9.34. The van der Waals surface area contributed by atoms with Gasteiger partial charge in [0.05, 0.1) is 35.7 Å². The molecule has 2 aliphatic heterocycles. The number of ether oxygens (including phenoxy) is 1. The van der Waals surface area contributed by atoms with E-state index in [9.17, 15) is 4.79 Å². The maximum Gasteiger partial charge on any atom is 0.255 e. The average Bonchev–Trinajstić information content (AvgIpc) is 2.74. The molecule has 2 aliphatic rings. The molecule has 0 N–H and O–H groups in total. The molecule has 0 atom stereocenters. The fraction of sp³-hybridized carbons (Fsp3) is 0.421. The molecule has 0 bridgehead atoms. The highest BCUT2D eigenvalue weighted by Crippen LogP contribution is 2.24. The molecule has 1 aromatic heterocycles. The van der Waals surface area contributed by atoms with E-state index >= 15 is 0 Å². The van der Waals surface area contributed by atoms with E-state index in [2.05, 4.69) is 26.1 Å². The zero-order chi connectivity index (χ0) is 19.5. The molecule has 0 radical (unpaired) electrons. The lowest BCUT2D eigenvalue weighted by Gasteiger charge is -2.36. The zero-order valence-electron chi connectivity index (χ0n) is 15.4. The summed E-state index contributed by atoms with van der Waals surface area (Å²) in [4.78, 5) is 19.0. The van der Waals surface area contributed by atoms with Crippen LogP contribution in [0.15, 0.2) is 30.5 Å². The molecule has 2 saturated heterocycles. The molecule has 3 heterocycles. The summed E-state index contributed by atoms with van der Waals surface area (Å²) in [7, 11) is 0. The predicted molar refractivity (Wildman–Crippen MR) is 110 cm³/mol. The highest BCUT2D eigenvalue weighted by atomic mass is 35.5. The lowest BCUT2D eigenvalue weighted by atomic mass is 10.1. The van der Waals surface area contributed by atoms with E-state index in [1.165, 1.54) is 0 Å². The molecule has 7 nitrogen and oxygen atoms in total. The summed E-state index contributed by atoms with van der Waals surface area (Å²) in [6.07, 6.45) is 1.78. The molecule has 0 unspecified atom stereocenters. The predicted octanol–water partition coefficient (Wildman–Crippen LogP) is 2.58. The van der Waals surface area contributed by atoms with Crippen LogP contribution in [0, 0.1) is 0 Å². The van der Waals surface area contributed by atoms with Crippen LogP contribution < -0.4 is 9.80 Å². The van der Waals surface area contributed by atoms with E-state index in [-0.39, 0.29) is 5.91 Å². The van der Waals surface area contributed by atoms with Gasteiger partial charge in [0, 0.05) is 50.4 Å². The van der Waals surface area contributed by atoms with Gasteiger partial charge in [0.2, 0.25) is 0 Å². The quantitative estimate of drug-likeness (QED) is 0.758. The second kappa shape index (κ2) is 8.51. The fourth-order valence-corrected chi connectivity index (χ4v) is 3.96. The first-order chi connectivity index (χ1) is 13.6. The Balaban J connectivity index is 1.40. The van der Waals surface area contributed by atoms with Crippen LogP contribution >= 0.6 is 23.2 Å². The number of carbonyl (C=O) groups excluding carboxylic acids is 1. The van der Waals surface area contributed by atoms with Crippen LogP contribution in [0.4, 0.5) is 11.5 Å². The van der Waals surface area contributed by atoms with Gasteiger partial charge in [-0.2, -0.15) is 5.10 Å². The van der Waals surface area contributed by atoms with Gasteiger partial charge < -0.3 is 19.4 Å². The molecular weight excluding hydrogens is 401 g/mol. The second-order valence-electron chi connectivity index (χ2n) is 6.77. The van der Waals surface area contributed by atoms with E-state index in [1.807, 2.05) is 4.90 Å². The third-order valence-electron chi connectivity index (χ3n) is 5.06. The number of nitrogens with zero attached hydrogens (tertiary/aromatic N) is 5. The van der Waals surface area contributed by atoms with E-state index in [1.54, 1.807) is 24.4 Å². The maximum atomic E-state index is 12.8. The number of carbonyl (C=O) groups is 1. The number of rotatable bonds is 3. The number of hydrogen-bond acceptors (Lipinski definition) is 6. The molecule has 148 valence electrons. The van der Waals surface area contributed by atoms with Gasteiger partial charge >= 0.3 is 0 Å². The van der Waals surface area contributed by atoms with Gasteiger partial charge in [-0.05, 0) is 18.2 Å². The number of benzene rings is 1. The van der Waals surface area contributed by atoms with Crippen LogP contribution in [-0.4, -0.2) is 73.5 Å². The minimum absolute atomic E-state index is 0.0665. The average molecular weight is 422 g/mol. The van der Waals surface area contributed by atoms with Gasteiger partial charge in [-0.15, -0.1) is 5.10 Å². The number of aromatic nitrogens is 2. The van der Waals surface area contributed by atoms with Crippen LogP contribution in [0.3, 0.4) is 0 Å². The van der Waals surface area contributed by atoms with Crippen LogP contribution in [0.5, 0.6) is 0 Å². The lowest BCUT2D eigenvalue weighted by Crippen LogP contribution is -2.49. The molecule has 1 amide bonds. The van der Waals surface area contributed by atoms with Crippen molar-refractivity contribution in [2.75, 3.05) is 62.3 Å². The summed E-state index contributed by atoms with van der Waals surface area (Å²) in [5.41, 5.74) is 1.51. The van der Waals surface area contributed by atoms with Crippen molar-refractivity contribution in [1.82, 2.24) is 15.1 Å². The van der Waals surface area contributed by atoms with Gasteiger partial charge in [0.1, 0.15) is 0 Å². The minimum atomic E-state index is -0.0665. The van der Waals surface area contributed by atoms with Crippen molar-refractivity contribution in [2.24, 2.45) is 0 Å². The number of morpholine rings is 1. The lowest BCUT2D eigenvalue weighted by molar-refractivity contribution is 0.0747. The Morgan fingerprint density at radius 2 is 1.71 bits per heavy atom. The van der Waals surface area contributed by atoms with Crippen molar-refractivity contribution in [3.8, 4) is 0 Å². The summed E-state index contributed by atoms with van der Waals surface area (Å²) >= 11 is 12.1. The Morgan fingerprint density at radius 3 is 2.43 bits per heavy atom. The van der Waals surface area contributed by atoms with Crippen molar-refractivity contribution in [1.29, 1.82) is 0 Å². The van der Waals surface area contributed by atoms with Crippen molar-refractivity contribution in [3.63, 3.8) is 0 Å². The molecule has 0 aliphatic carbocycles. The van der Waals surface area contributed by atoms with Crippen molar-refractivity contribution < 1.29 is 9.53 Å². The smallest absolute Gasteiger partial charge is 0.255 e. The van der Waals surface area contributed by atoms with Gasteiger partial charge in [0.25, 0.3) is 5.91 Å². The zero-order valence-corrected chi connectivity index (χ0v) is 16.9. The molecule has 2 aromatic rings. The normalized spacial score (nSPS) is 17.7. The highest BCUT2D eigenvalue weighted by Gasteiger charge is 2.24. The first-order valence-electron chi connectivity index (χ1n) is 9.26. The fourth-order valence-electron chi connectivity index (χ4n) is 3.47. The maximum absolute atomic E-state index is 12.8. The summed E-state index contributed by atoms with van der Waals surface area (Å²) in [5.74, 6) is 0.801. The third-order valence-corrected chi connectivity index (χ3v) is 5.60. The Kier molecular flexibility index (Phi) is 5.85. The van der Waals surface area contributed by atoms with Crippen molar-refractivity contribution >= 4 is 40.6 Å². The SMILES string of the molecule is O=C(c1ccc(Cl)cc1Cl)N1CCN(c2cnnc(N3CCOCC3)c2)CC1. The first-order valence-corrected chi connectivity index (χ1v) is 10.0. The number of amides is 1. The topological polar surface area (TPSA) is 61.8 Å². The molecule has 28 heavy (non-hydrogen) atoms. The molecule has 9 heteroatoms. The number of anilines is 2. The molecule has 2 fully saturated rings. The Hall–Kier alpha value is -2.09.